The summed E-state index contributed by atoms with van der Waals surface area (Å²) < 4.78 is 87.2. The van der Waals surface area contributed by atoms with E-state index in [1.54, 1.807) is 30.3 Å². The average molecular weight is 651 g/mol. The Morgan fingerprint density at radius 3 is 2.28 bits per heavy atom. The second kappa shape index (κ2) is 13.0. The van der Waals surface area contributed by atoms with Crippen molar-refractivity contribution in [1.82, 2.24) is 10.3 Å². The number of nitrogens with zero attached hydrogens (tertiary/aromatic N) is 2. The zero-order valence-electron chi connectivity index (χ0n) is 24.8. The summed E-state index contributed by atoms with van der Waals surface area (Å²) in [6.07, 6.45) is -7.70. The Morgan fingerprint density at radius 1 is 0.851 bits per heavy atom. The van der Waals surface area contributed by atoms with Crippen LogP contribution in [0, 0.1) is 0 Å². The van der Waals surface area contributed by atoms with Crippen LogP contribution >= 0.6 is 0 Å². The highest BCUT2D eigenvalue weighted by Crippen LogP contribution is 2.40. The Hall–Kier alpha value is -5.10. The number of halogens is 6. The first kappa shape index (κ1) is 31.9. The molecule has 0 spiro atoms. The molecule has 0 bridgehead atoms. The van der Waals surface area contributed by atoms with E-state index >= 15 is 0 Å². The molecule has 2 N–H and O–H groups in total. The van der Waals surface area contributed by atoms with Gasteiger partial charge in [0.1, 0.15) is 18.1 Å². The fourth-order valence-electron chi connectivity index (χ4n) is 5.59. The van der Waals surface area contributed by atoms with Crippen molar-refractivity contribution in [2.75, 3.05) is 36.4 Å². The number of benzene rings is 4. The molecule has 1 fully saturated rings. The lowest BCUT2D eigenvalue weighted by Gasteiger charge is -2.32. The first-order valence-corrected chi connectivity index (χ1v) is 14.7. The van der Waals surface area contributed by atoms with Crippen molar-refractivity contribution in [1.29, 1.82) is 0 Å². The molecule has 1 amide bonds. The second-order valence-electron chi connectivity index (χ2n) is 11.0. The van der Waals surface area contributed by atoms with E-state index in [0.29, 0.717) is 59.6 Å². The molecule has 5 aromatic rings. The van der Waals surface area contributed by atoms with Crippen LogP contribution in [0.3, 0.4) is 0 Å². The third-order valence-electron chi connectivity index (χ3n) is 7.91. The molecule has 1 aliphatic heterocycles. The highest BCUT2D eigenvalue weighted by Gasteiger charge is 2.34. The van der Waals surface area contributed by atoms with Gasteiger partial charge < -0.3 is 20.3 Å². The molecule has 1 aromatic heterocycles. The predicted molar refractivity (Wildman–Crippen MR) is 167 cm³/mol. The number of aromatic nitrogens is 1. The monoisotopic (exact) mass is 650 g/mol. The van der Waals surface area contributed by atoms with Crippen molar-refractivity contribution in [3.8, 4) is 16.9 Å². The number of rotatable bonds is 7. The van der Waals surface area contributed by atoms with E-state index in [-0.39, 0.29) is 18.1 Å². The second-order valence-corrected chi connectivity index (χ2v) is 11.0. The number of pyridine rings is 1. The first-order chi connectivity index (χ1) is 22.5. The fourth-order valence-corrected chi connectivity index (χ4v) is 5.59. The Bertz CT molecular complexity index is 1900. The molecule has 2 heterocycles. The first-order valence-electron chi connectivity index (χ1n) is 14.7. The molecule has 12 heteroatoms. The molecular weight excluding hydrogens is 622 g/mol. The number of para-hydroxylation sites is 1. The molecule has 1 saturated heterocycles. The molecule has 0 atom stereocenters. The molecule has 0 unspecified atom stereocenters. The summed E-state index contributed by atoms with van der Waals surface area (Å²) in [5.74, 6) is -0.888. The Kier molecular flexibility index (Phi) is 8.78. The molecule has 4 aromatic carbocycles. The number of hydrogen-bond donors (Lipinski definition) is 2. The lowest BCUT2D eigenvalue weighted by Crippen LogP contribution is -2.44. The highest BCUT2D eigenvalue weighted by atomic mass is 19.4. The molecule has 1 aliphatic rings. The van der Waals surface area contributed by atoms with Gasteiger partial charge in [-0.2, -0.15) is 26.3 Å². The summed E-state index contributed by atoms with van der Waals surface area (Å²) >= 11 is 0. The van der Waals surface area contributed by atoms with Crippen molar-refractivity contribution in [3.63, 3.8) is 0 Å². The van der Waals surface area contributed by atoms with Crippen LogP contribution in [0.1, 0.15) is 27.2 Å². The normalized spacial score (nSPS) is 13.9. The van der Waals surface area contributed by atoms with E-state index in [1.165, 1.54) is 36.5 Å². The van der Waals surface area contributed by atoms with Crippen LogP contribution < -0.4 is 20.3 Å². The van der Waals surface area contributed by atoms with Gasteiger partial charge in [-0.25, -0.2) is 0 Å². The predicted octanol–water partition coefficient (Wildman–Crippen LogP) is 8.18. The minimum absolute atomic E-state index is 0.182. The number of alkyl halides is 6. The van der Waals surface area contributed by atoms with Crippen LogP contribution in [0.4, 0.5) is 37.7 Å². The quantitative estimate of drug-likeness (QED) is 0.174. The third-order valence-corrected chi connectivity index (χ3v) is 7.91. The molecule has 0 aliphatic carbocycles. The Balaban J connectivity index is 1.46. The van der Waals surface area contributed by atoms with Gasteiger partial charge in [0.05, 0.1) is 22.5 Å². The maximum absolute atomic E-state index is 13.7. The van der Waals surface area contributed by atoms with Crippen LogP contribution in [-0.2, 0) is 19.0 Å². The number of amides is 1. The van der Waals surface area contributed by atoms with Crippen LogP contribution in [0.2, 0.25) is 0 Å². The molecule has 47 heavy (non-hydrogen) atoms. The van der Waals surface area contributed by atoms with Gasteiger partial charge in [0, 0.05) is 37.8 Å². The van der Waals surface area contributed by atoms with Crippen LogP contribution in [0.5, 0.6) is 5.75 Å². The van der Waals surface area contributed by atoms with E-state index in [1.807, 2.05) is 17.0 Å². The standard InChI is InChI=1S/C35H28F6N4O2/c36-34(37,38)25-11-9-23(10-12-25)27-20-29(44-33(46)32-26-6-2-1-5-22(26)13-14-43-32)30(45-17-15-42-16-18-45)19-24(27)21-47-31-8-4-3-7-28(31)35(39,40)41/h1-14,19-20,42H,15-18,21H2,(H,44,46). The molecular formula is C35H28F6N4O2. The number of carbonyl (C=O) groups is 1. The number of fused-ring (bicyclic) bond motifs is 1. The van der Waals surface area contributed by atoms with Crippen molar-refractivity contribution < 1.29 is 35.9 Å². The summed E-state index contributed by atoms with van der Waals surface area (Å²) in [7, 11) is 0. The molecule has 0 radical (unpaired) electrons. The zero-order valence-corrected chi connectivity index (χ0v) is 24.8. The maximum atomic E-state index is 13.7. The minimum Gasteiger partial charge on any atom is -0.488 e. The topological polar surface area (TPSA) is 66.5 Å². The molecule has 0 saturated carbocycles. The number of nitrogens with one attached hydrogen (secondary N) is 2. The van der Waals surface area contributed by atoms with E-state index in [4.69, 9.17) is 4.74 Å². The Morgan fingerprint density at radius 2 is 1.55 bits per heavy atom. The van der Waals surface area contributed by atoms with Gasteiger partial charge in [-0.05, 0) is 64.5 Å². The van der Waals surface area contributed by atoms with E-state index < -0.39 is 29.4 Å². The van der Waals surface area contributed by atoms with Gasteiger partial charge in [-0.1, -0.05) is 48.5 Å². The number of anilines is 2. The largest absolute Gasteiger partial charge is 0.488 e. The average Bonchev–Trinajstić information content (AvgIpc) is 3.07. The van der Waals surface area contributed by atoms with Crippen molar-refractivity contribution in [3.05, 3.63) is 120 Å². The minimum atomic E-state index is -4.66. The fraction of sp³-hybridized carbons (Fsp3) is 0.200. The van der Waals surface area contributed by atoms with Gasteiger partial charge in [0.25, 0.3) is 5.91 Å². The number of piperazine rings is 1. The smallest absolute Gasteiger partial charge is 0.419 e. The van der Waals surface area contributed by atoms with Crippen LogP contribution in [-0.4, -0.2) is 37.1 Å². The summed E-state index contributed by atoms with van der Waals surface area (Å²) in [5.41, 5.74) is 0.461. The van der Waals surface area contributed by atoms with E-state index in [0.717, 1.165) is 23.6 Å². The number of ether oxygens (including phenoxy) is 1. The number of carbonyl (C=O) groups excluding carboxylic acids is 1. The van der Waals surface area contributed by atoms with Crippen molar-refractivity contribution in [2.45, 2.75) is 19.0 Å². The van der Waals surface area contributed by atoms with Crippen LogP contribution in [0.15, 0.2) is 97.2 Å². The van der Waals surface area contributed by atoms with Gasteiger partial charge in [0.15, 0.2) is 0 Å². The molecule has 242 valence electrons. The number of hydrogen-bond acceptors (Lipinski definition) is 5. The molecule has 6 rings (SSSR count). The zero-order chi connectivity index (χ0) is 33.2. The van der Waals surface area contributed by atoms with Gasteiger partial charge in [-0.3, -0.25) is 9.78 Å². The van der Waals surface area contributed by atoms with Gasteiger partial charge in [0.2, 0.25) is 0 Å². The summed E-state index contributed by atoms with van der Waals surface area (Å²) in [4.78, 5) is 20.1. The molecule has 6 nitrogen and oxygen atoms in total. The SMILES string of the molecule is O=C(Nc1cc(-c2ccc(C(F)(F)F)cc2)c(COc2ccccc2C(F)(F)F)cc1N1CCNCC1)c1nccc2ccccc12. The lowest BCUT2D eigenvalue weighted by molar-refractivity contribution is -0.139. The van der Waals surface area contributed by atoms with Crippen molar-refractivity contribution in [2.24, 2.45) is 0 Å². The van der Waals surface area contributed by atoms with E-state index in [2.05, 4.69) is 15.6 Å². The Labute approximate surface area is 266 Å². The summed E-state index contributed by atoms with van der Waals surface area (Å²) in [6, 6.07) is 21.6. The summed E-state index contributed by atoms with van der Waals surface area (Å²) in [6.45, 7) is 2.08. The highest BCUT2D eigenvalue weighted by molar-refractivity contribution is 6.12. The van der Waals surface area contributed by atoms with Gasteiger partial charge in [-0.15, -0.1) is 0 Å². The third kappa shape index (κ3) is 7.02. The van der Waals surface area contributed by atoms with Crippen molar-refractivity contribution >= 4 is 28.1 Å². The van der Waals surface area contributed by atoms with Crippen LogP contribution in [0.25, 0.3) is 21.9 Å². The summed E-state index contributed by atoms with van der Waals surface area (Å²) in [5, 5.41) is 7.67. The van der Waals surface area contributed by atoms with E-state index in [9.17, 15) is 31.1 Å². The van der Waals surface area contributed by atoms with Gasteiger partial charge >= 0.3 is 12.4 Å². The lowest BCUT2D eigenvalue weighted by atomic mass is 9.96. The maximum Gasteiger partial charge on any atom is 0.419 e.